The number of amides is 1. The van der Waals surface area contributed by atoms with Crippen LogP contribution in [0.5, 0.6) is 5.75 Å². The molecule has 0 saturated carbocycles. The zero-order chi connectivity index (χ0) is 26.3. The Labute approximate surface area is 229 Å². The van der Waals surface area contributed by atoms with Crippen LogP contribution in [0.25, 0.3) is 0 Å². The SMILES string of the molecule is O=C(NC1CCN(Cc2ccccc2)CC1)c1ccc(OC2CCN(Cc3ccc(Cl)cc3)CC2)c(F)c1. The van der Waals surface area contributed by atoms with Crippen LogP contribution in [-0.4, -0.2) is 54.0 Å². The summed E-state index contributed by atoms with van der Waals surface area (Å²) in [7, 11) is 0. The lowest BCUT2D eigenvalue weighted by Gasteiger charge is -2.32. The maximum absolute atomic E-state index is 14.9. The predicted molar refractivity (Wildman–Crippen MR) is 149 cm³/mol. The molecule has 5 rings (SSSR count). The lowest BCUT2D eigenvalue weighted by molar-refractivity contribution is 0.0904. The quantitative estimate of drug-likeness (QED) is 0.389. The molecule has 200 valence electrons. The molecule has 1 amide bonds. The number of carbonyl (C=O) groups is 1. The van der Waals surface area contributed by atoms with Gasteiger partial charge in [0.25, 0.3) is 5.91 Å². The van der Waals surface area contributed by atoms with E-state index in [-0.39, 0.29) is 23.8 Å². The number of nitrogens with one attached hydrogen (secondary N) is 1. The second kappa shape index (κ2) is 12.7. The number of halogens is 2. The van der Waals surface area contributed by atoms with Crippen molar-refractivity contribution in [3.63, 3.8) is 0 Å². The molecule has 0 aliphatic carbocycles. The zero-order valence-corrected chi connectivity index (χ0v) is 22.4. The van der Waals surface area contributed by atoms with Crippen LogP contribution in [0.15, 0.2) is 72.8 Å². The highest BCUT2D eigenvalue weighted by Crippen LogP contribution is 2.24. The maximum Gasteiger partial charge on any atom is 0.251 e. The summed E-state index contributed by atoms with van der Waals surface area (Å²) in [5.41, 5.74) is 2.86. The average molecular weight is 536 g/mol. The van der Waals surface area contributed by atoms with Gasteiger partial charge in [-0.3, -0.25) is 14.6 Å². The van der Waals surface area contributed by atoms with Crippen molar-refractivity contribution in [1.82, 2.24) is 15.1 Å². The van der Waals surface area contributed by atoms with Gasteiger partial charge < -0.3 is 10.1 Å². The molecule has 0 aromatic heterocycles. The first-order valence-electron chi connectivity index (χ1n) is 13.5. The Bertz CT molecular complexity index is 1190. The highest BCUT2D eigenvalue weighted by Gasteiger charge is 2.24. The van der Waals surface area contributed by atoms with Gasteiger partial charge in [0.05, 0.1) is 0 Å². The standard InChI is InChI=1S/C31H35ClFN3O2/c32-26-9-6-24(7-10-26)22-36-18-14-28(15-19-36)38-30-11-8-25(20-29(30)33)31(37)34-27-12-16-35(17-13-27)21-23-4-2-1-3-5-23/h1-11,20,27-28H,12-19,21-22H2,(H,34,37). The van der Waals surface area contributed by atoms with Crippen LogP contribution in [0.1, 0.15) is 47.2 Å². The molecule has 0 bridgehead atoms. The molecule has 2 saturated heterocycles. The third-order valence-electron chi connectivity index (χ3n) is 7.51. The first kappa shape index (κ1) is 26.7. The lowest BCUT2D eigenvalue weighted by atomic mass is 10.0. The average Bonchev–Trinajstić information content (AvgIpc) is 2.94. The van der Waals surface area contributed by atoms with Crippen LogP contribution in [-0.2, 0) is 13.1 Å². The molecule has 0 unspecified atom stereocenters. The Morgan fingerprint density at radius 3 is 2.08 bits per heavy atom. The van der Waals surface area contributed by atoms with E-state index in [0.29, 0.717) is 5.56 Å². The van der Waals surface area contributed by atoms with Gasteiger partial charge in [-0.05, 0) is 67.1 Å². The van der Waals surface area contributed by atoms with Gasteiger partial charge >= 0.3 is 0 Å². The molecular formula is C31H35ClFN3O2. The van der Waals surface area contributed by atoms with Gasteiger partial charge in [-0.15, -0.1) is 0 Å². The smallest absolute Gasteiger partial charge is 0.251 e. The van der Waals surface area contributed by atoms with Gasteiger partial charge in [-0.1, -0.05) is 54.1 Å². The number of carbonyl (C=O) groups excluding carboxylic acids is 1. The van der Waals surface area contributed by atoms with E-state index in [1.807, 2.05) is 30.3 Å². The Balaban J connectivity index is 1.06. The normalized spacial score (nSPS) is 17.8. The Morgan fingerprint density at radius 2 is 1.45 bits per heavy atom. The molecule has 7 heteroatoms. The molecule has 0 radical (unpaired) electrons. The number of ether oxygens (including phenoxy) is 1. The lowest BCUT2D eigenvalue weighted by Crippen LogP contribution is -2.44. The van der Waals surface area contributed by atoms with Gasteiger partial charge in [0.2, 0.25) is 0 Å². The second-order valence-corrected chi connectivity index (χ2v) is 10.8. The van der Waals surface area contributed by atoms with Crippen molar-refractivity contribution in [2.24, 2.45) is 0 Å². The summed E-state index contributed by atoms with van der Waals surface area (Å²) in [4.78, 5) is 17.6. The van der Waals surface area contributed by atoms with Gasteiger partial charge in [0.1, 0.15) is 6.10 Å². The maximum atomic E-state index is 14.9. The topological polar surface area (TPSA) is 44.8 Å². The largest absolute Gasteiger partial charge is 0.487 e. The van der Waals surface area contributed by atoms with Crippen LogP contribution in [0.2, 0.25) is 5.02 Å². The van der Waals surface area contributed by atoms with E-state index >= 15 is 0 Å². The Kier molecular flexibility index (Phi) is 8.94. The van der Waals surface area contributed by atoms with E-state index in [1.54, 1.807) is 12.1 Å². The summed E-state index contributed by atoms with van der Waals surface area (Å²) in [6.45, 7) is 5.43. The van der Waals surface area contributed by atoms with Gasteiger partial charge in [-0.25, -0.2) is 4.39 Å². The highest BCUT2D eigenvalue weighted by molar-refractivity contribution is 6.30. The Hall–Kier alpha value is -2.93. The van der Waals surface area contributed by atoms with E-state index in [4.69, 9.17) is 16.3 Å². The summed E-state index contributed by atoms with van der Waals surface area (Å²) in [6, 6.07) is 23.0. The summed E-state index contributed by atoms with van der Waals surface area (Å²) < 4.78 is 20.9. The monoisotopic (exact) mass is 535 g/mol. The minimum atomic E-state index is -0.487. The molecule has 38 heavy (non-hydrogen) atoms. The van der Waals surface area contributed by atoms with Gasteiger partial charge in [0, 0.05) is 55.9 Å². The summed E-state index contributed by atoms with van der Waals surface area (Å²) >= 11 is 5.98. The van der Waals surface area contributed by atoms with Crippen molar-refractivity contribution >= 4 is 17.5 Å². The number of piperidine rings is 2. The number of likely N-dealkylation sites (tertiary alicyclic amines) is 2. The number of nitrogens with zero attached hydrogens (tertiary/aromatic N) is 2. The van der Waals surface area contributed by atoms with Crippen molar-refractivity contribution < 1.29 is 13.9 Å². The minimum absolute atomic E-state index is 0.0354. The van der Waals surface area contributed by atoms with Gasteiger partial charge in [0.15, 0.2) is 11.6 Å². The van der Waals surface area contributed by atoms with Crippen molar-refractivity contribution in [3.8, 4) is 5.75 Å². The van der Waals surface area contributed by atoms with E-state index < -0.39 is 5.82 Å². The molecule has 2 heterocycles. The fourth-order valence-corrected chi connectivity index (χ4v) is 5.42. The molecular weight excluding hydrogens is 501 g/mol. The summed E-state index contributed by atoms with van der Waals surface area (Å²) in [6.07, 6.45) is 3.40. The molecule has 2 aliphatic rings. The number of hydrogen-bond donors (Lipinski definition) is 1. The van der Waals surface area contributed by atoms with E-state index in [2.05, 4.69) is 39.4 Å². The Morgan fingerprint density at radius 1 is 0.842 bits per heavy atom. The summed E-state index contributed by atoms with van der Waals surface area (Å²) in [5.74, 6) is -0.502. The predicted octanol–water partition coefficient (Wildman–Crippen LogP) is 5.92. The first-order chi connectivity index (χ1) is 18.5. The fourth-order valence-electron chi connectivity index (χ4n) is 5.30. The molecule has 3 aromatic rings. The molecule has 2 fully saturated rings. The van der Waals surface area contributed by atoms with Crippen LogP contribution < -0.4 is 10.1 Å². The van der Waals surface area contributed by atoms with Crippen LogP contribution >= 0.6 is 11.6 Å². The van der Waals surface area contributed by atoms with Crippen molar-refractivity contribution in [2.45, 2.75) is 50.9 Å². The third kappa shape index (κ3) is 7.34. The molecule has 1 N–H and O–H groups in total. The van der Waals surface area contributed by atoms with Crippen molar-refractivity contribution in [2.75, 3.05) is 26.2 Å². The highest BCUT2D eigenvalue weighted by atomic mass is 35.5. The molecule has 0 atom stereocenters. The number of hydrogen-bond acceptors (Lipinski definition) is 4. The summed E-state index contributed by atoms with van der Waals surface area (Å²) in [5, 5.41) is 3.83. The first-order valence-corrected chi connectivity index (χ1v) is 13.9. The van der Waals surface area contributed by atoms with E-state index in [9.17, 15) is 9.18 Å². The van der Waals surface area contributed by atoms with Crippen LogP contribution in [0, 0.1) is 5.82 Å². The molecule has 2 aliphatic heterocycles. The van der Waals surface area contributed by atoms with E-state index in [0.717, 1.165) is 70.0 Å². The van der Waals surface area contributed by atoms with Crippen molar-refractivity contribution in [3.05, 3.63) is 100 Å². The van der Waals surface area contributed by atoms with Crippen LogP contribution in [0.3, 0.4) is 0 Å². The molecule has 5 nitrogen and oxygen atoms in total. The minimum Gasteiger partial charge on any atom is -0.487 e. The van der Waals surface area contributed by atoms with Gasteiger partial charge in [-0.2, -0.15) is 0 Å². The number of benzene rings is 3. The van der Waals surface area contributed by atoms with Crippen LogP contribution in [0.4, 0.5) is 4.39 Å². The number of rotatable bonds is 8. The molecule has 3 aromatic carbocycles. The molecule has 0 spiro atoms. The van der Waals surface area contributed by atoms with E-state index in [1.165, 1.54) is 17.2 Å². The van der Waals surface area contributed by atoms with Crippen molar-refractivity contribution in [1.29, 1.82) is 0 Å². The fraction of sp³-hybridized carbons (Fsp3) is 0.387. The second-order valence-electron chi connectivity index (χ2n) is 10.4. The third-order valence-corrected chi connectivity index (χ3v) is 7.77. The zero-order valence-electron chi connectivity index (χ0n) is 21.6.